The molecule has 1 aromatic heterocycles. The maximum Gasteiger partial charge on any atom is 0.0625 e. The average Bonchev–Trinajstić information content (AvgIpc) is 3.76. The Morgan fingerprint density at radius 3 is 1.21 bits per heavy atom. The van der Waals surface area contributed by atoms with Gasteiger partial charge in [0, 0.05) is 38.9 Å². The van der Waals surface area contributed by atoms with E-state index in [1.54, 1.807) is 0 Å². The highest BCUT2D eigenvalue weighted by molar-refractivity contribution is 6.24. The molecule has 0 aliphatic heterocycles. The Bertz CT molecular complexity index is 3500. The number of nitrogens with zero attached hydrogens (tertiary/aromatic N) is 2. The third-order valence-corrected chi connectivity index (χ3v) is 13.0. The van der Waals surface area contributed by atoms with E-state index in [1.165, 1.54) is 82.6 Å². The van der Waals surface area contributed by atoms with Gasteiger partial charge in [0.1, 0.15) is 0 Å². The Kier molecular flexibility index (Phi) is 9.89. The second kappa shape index (κ2) is 16.8. The van der Waals surface area contributed by atoms with Gasteiger partial charge in [-0.2, -0.15) is 0 Å². The van der Waals surface area contributed by atoms with Crippen molar-refractivity contribution in [1.29, 1.82) is 0 Å². The Morgan fingerprint density at radius 1 is 0.273 bits per heavy atom. The third kappa shape index (κ3) is 7.12. The van der Waals surface area contributed by atoms with Crippen LogP contribution >= 0.6 is 0 Å². The normalized spacial score (nSPS) is 11.3. The summed E-state index contributed by atoms with van der Waals surface area (Å²) >= 11 is 0. The molecule has 0 aliphatic carbocycles. The van der Waals surface area contributed by atoms with E-state index in [0.29, 0.717) is 0 Å². The zero-order valence-corrected chi connectivity index (χ0v) is 36.3. The highest BCUT2D eigenvalue weighted by atomic mass is 15.1. The molecule has 0 spiro atoms. The van der Waals surface area contributed by atoms with Gasteiger partial charge in [-0.3, -0.25) is 0 Å². The quantitative estimate of drug-likeness (QED) is 0.141. The molecule has 310 valence electrons. The van der Waals surface area contributed by atoms with Crippen LogP contribution in [0.5, 0.6) is 0 Å². The van der Waals surface area contributed by atoms with E-state index >= 15 is 0 Å². The lowest BCUT2D eigenvalue weighted by Gasteiger charge is -2.26. The summed E-state index contributed by atoms with van der Waals surface area (Å²) in [7, 11) is 0. The zero-order valence-electron chi connectivity index (χ0n) is 36.3. The molecule has 0 amide bonds. The van der Waals surface area contributed by atoms with Gasteiger partial charge in [-0.05, 0) is 122 Å². The molecule has 0 bridgehead atoms. The van der Waals surface area contributed by atoms with Crippen molar-refractivity contribution in [2.24, 2.45) is 0 Å². The van der Waals surface area contributed by atoms with Crippen molar-refractivity contribution in [2.75, 3.05) is 4.90 Å². The van der Waals surface area contributed by atoms with Crippen LogP contribution in [0.4, 0.5) is 17.1 Å². The molecule has 0 N–H and O–H groups in total. The number of rotatable bonds is 9. The molecule has 0 atom stereocenters. The molecule has 66 heavy (non-hydrogen) atoms. The highest BCUT2D eigenvalue weighted by Gasteiger charge is 2.21. The highest BCUT2D eigenvalue weighted by Crippen LogP contribution is 2.45. The van der Waals surface area contributed by atoms with Gasteiger partial charge in [-0.15, -0.1) is 0 Å². The van der Waals surface area contributed by atoms with E-state index in [-0.39, 0.29) is 0 Å². The van der Waals surface area contributed by atoms with Crippen molar-refractivity contribution >= 4 is 49.6 Å². The SMILES string of the molecule is c1ccc(-c2ccc(-c3ccc(N(c4ccc(-c5ccc(-c6ccccc6)cc5)cc4)c4cccc(-c5cc6ccccc6c6c5c5ccccc5n6-c5ccccc5)c4)cc3)cc2)cc1. The predicted molar refractivity (Wildman–Crippen MR) is 280 cm³/mol. The van der Waals surface area contributed by atoms with E-state index in [0.717, 1.165) is 28.3 Å². The van der Waals surface area contributed by atoms with Gasteiger partial charge in [-0.25, -0.2) is 0 Å². The van der Waals surface area contributed by atoms with Gasteiger partial charge in [0.15, 0.2) is 0 Å². The summed E-state index contributed by atoms with van der Waals surface area (Å²) in [4.78, 5) is 2.39. The first kappa shape index (κ1) is 38.9. The van der Waals surface area contributed by atoms with Gasteiger partial charge in [0.05, 0.1) is 11.0 Å². The first-order valence-corrected chi connectivity index (χ1v) is 22.7. The molecule has 2 heteroatoms. The number of anilines is 3. The topological polar surface area (TPSA) is 8.17 Å². The fraction of sp³-hybridized carbons (Fsp3) is 0. The minimum atomic E-state index is 1.08. The van der Waals surface area contributed by atoms with Crippen LogP contribution in [0.15, 0.2) is 267 Å². The number of aromatic nitrogens is 1. The fourth-order valence-corrected chi connectivity index (χ4v) is 9.74. The molecule has 12 aromatic rings. The monoisotopic (exact) mass is 840 g/mol. The maximum atomic E-state index is 2.44. The molecule has 11 aromatic carbocycles. The molecule has 1 heterocycles. The lowest BCUT2D eigenvalue weighted by molar-refractivity contribution is 1.19. The van der Waals surface area contributed by atoms with Gasteiger partial charge in [0.2, 0.25) is 0 Å². The Balaban J connectivity index is 0.980. The van der Waals surface area contributed by atoms with Gasteiger partial charge >= 0.3 is 0 Å². The van der Waals surface area contributed by atoms with Crippen molar-refractivity contribution in [3.05, 3.63) is 267 Å². The van der Waals surface area contributed by atoms with E-state index in [4.69, 9.17) is 0 Å². The standard InChI is InChI=1S/C64H44N2/c1-4-15-45(16-5-1)47-27-31-49(32-28-47)51-35-39-56(40-36-51)65(57-41-37-52(38-42-57)50-33-29-48(30-34-50)46-17-6-2-7-18-46)58-23-14-20-53(43-58)61-44-54-19-10-11-24-59(54)64-63(61)60-25-12-13-26-62(60)66(64)55-21-8-3-9-22-55/h1-44H. The second-order valence-corrected chi connectivity index (χ2v) is 16.9. The molecule has 2 nitrogen and oxygen atoms in total. The van der Waals surface area contributed by atoms with Crippen LogP contribution in [-0.4, -0.2) is 4.57 Å². The number of hydrogen-bond acceptors (Lipinski definition) is 1. The van der Waals surface area contributed by atoms with E-state index in [9.17, 15) is 0 Å². The van der Waals surface area contributed by atoms with Crippen molar-refractivity contribution in [1.82, 2.24) is 4.57 Å². The van der Waals surface area contributed by atoms with E-state index in [1.807, 2.05) is 0 Å². The second-order valence-electron chi connectivity index (χ2n) is 16.9. The molecule has 0 radical (unpaired) electrons. The lowest BCUT2D eigenvalue weighted by atomic mass is 9.94. The number of para-hydroxylation sites is 2. The predicted octanol–water partition coefficient (Wildman–Crippen LogP) is 17.7. The Labute approximate surface area is 385 Å². The van der Waals surface area contributed by atoms with Crippen LogP contribution < -0.4 is 4.90 Å². The Morgan fingerprint density at radius 2 is 0.682 bits per heavy atom. The van der Waals surface area contributed by atoms with Gasteiger partial charge < -0.3 is 9.47 Å². The molecule has 0 fully saturated rings. The van der Waals surface area contributed by atoms with Crippen LogP contribution in [0, 0.1) is 0 Å². The fourth-order valence-electron chi connectivity index (χ4n) is 9.74. The summed E-state index contributed by atoms with van der Waals surface area (Å²) in [6.07, 6.45) is 0. The van der Waals surface area contributed by atoms with Crippen molar-refractivity contribution in [3.63, 3.8) is 0 Å². The number of benzene rings is 11. The number of fused-ring (bicyclic) bond motifs is 5. The minimum absolute atomic E-state index is 1.08. The molecule has 0 saturated heterocycles. The van der Waals surface area contributed by atoms with Crippen LogP contribution in [-0.2, 0) is 0 Å². The summed E-state index contributed by atoms with van der Waals surface area (Å²) in [5.74, 6) is 0. The van der Waals surface area contributed by atoms with Crippen molar-refractivity contribution in [2.45, 2.75) is 0 Å². The van der Waals surface area contributed by atoms with E-state index in [2.05, 4.69) is 276 Å². The lowest BCUT2D eigenvalue weighted by Crippen LogP contribution is -2.10. The molecular weight excluding hydrogens is 797 g/mol. The van der Waals surface area contributed by atoms with Crippen LogP contribution in [0.25, 0.3) is 93.9 Å². The summed E-state index contributed by atoms with van der Waals surface area (Å²) in [6, 6.07) is 96.8. The Hall–Kier alpha value is -8.72. The largest absolute Gasteiger partial charge is 0.310 e. The average molecular weight is 841 g/mol. The third-order valence-electron chi connectivity index (χ3n) is 13.0. The van der Waals surface area contributed by atoms with Crippen LogP contribution in [0.3, 0.4) is 0 Å². The first-order chi connectivity index (χ1) is 32.7. The van der Waals surface area contributed by atoms with Crippen molar-refractivity contribution in [3.8, 4) is 61.3 Å². The van der Waals surface area contributed by atoms with Gasteiger partial charge in [-0.1, -0.05) is 206 Å². The van der Waals surface area contributed by atoms with E-state index < -0.39 is 0 Å². The molecule has 12 rings (SSSR count). The first-order valence-electron chi connectivity index (χ1n) is 22.7. The zero-order chi connectivity index (χ0) is 43.8. The molecule has 0 unspecified atom stereocenters. The molecular formula is C64H44N2. The van der Waals surface area contributed by atoms with Crippen LogP contribution in [0.1, 0.15) is 0 Å². The van der Waals surface area contributed by atoms with Gasteiger partial charge in [0.25, 0.3) is 0 Å². The summed E-state index contributed by atoms with van der Waals surface area (Å²) in [5, 5.41) is 4.93. The minimum Gasteiger partial charge on any atom is -0.310 e. The smallest absolute Gasteiger partial charge is 0.0625 e. The molecule has 0 aliphatic rings. The number of hydrogen-bond donors (Lipinski definition) is 0. The summed E-state index contributed by atoms with van der Waals surface area (Å²) in [6.45, 7) is 0. The summed E-state index contributed by atoms with van der Waals surface area (Å²) < 4.78 is 2.44. The summed E-state index contributed by atoms with van der Waals surface area (Å²) in [5.41, 5.74) is 18.8. The van der Waals surface area contributed by atoms with Crippen LogP contribution in [0.2, 0.25) is 0 Å². The maximum absolute atomic E-state index is 2.44. The molecule has 0 saturated carbocycles. The van der Waals surface area contributed by atoms with Crippen molar-refractivity contribution < 1.29 is 0 Å².